The van der Waals surface area contributed by atoms with Gasteiger partial charge >= 0.3 is 6.09 Å². The summed E-state index contributed by atoms with van der Waals surface area (Å²) in [5.74, 6) is 0.650. The van der Waals surface area contributed by atoms with Crippen LogP contribution in [0, 0.1) is 0 Å². The Hall–Kier alpha value is -1.56. The van der Waals surface area contributed by atoms with Gasteiger partial charge in [-0.15, -0.1) is 11.3 Å². The fourth-order valence-electron chi connectivity index (χ4n) is 2.97. The van der Waals surface area contributed by atoms with Gasteiger partial charge in [-0.05, 0) is 31.2 Å². The summed E-state index contributed by atoms with van der Waals surface area (Å²) < 4.78 is 5.05. The maximum Gasteiger partial charge on any atom is 0.409 e. The Morgan fingerprint density at radius 2 is 2.30 bits per heavy atom. The van der Waals surface area contributed by atoms with Crippen LogP contribution in [-0.2, 0) is 11.2 Å². The Labute approximate surface area is 122 Å². The Balaban J connectivity index is 1.72. The number of piperidine rings is 1. The molecule has 1 spiro atoms. The van der Waals surface area contributed by atoms with Crippen molar-refractivity contribution in [2.75, 3.05) is 19.7 Å². The highest BCUT2D eigenvalue weighted by Gasteiger charge is 2.39. The standard InChI is InChI=1S/C14H19N3O2S/c1-2-19-13(18)17-6-4-14(5-7-17)9-11-10(3-8-20-11)12(15)16-14/h3,8H,2,4-7,9H2,1H3,(H2,15,16). The zero-order valence-corrected chi connectivity index (χ0v) is 12.4. The van der Waals surface area contributed by atoms with E-state index < -0.39 is 0 Å². The molecule has 1 fully saturated rings. The van der Waals surface area contributed by atoms with Crippen LogP contribution < -0.4 is 5.73 Å². The van der Waals surface area contributed by atoms with E-state index in [0.717, 1.165) is 24.8 Å². The van der Waals surface area contributed by atoms with Crippen LogP contribution in [0.1, 0.15) is 30.2 Å². The largest absolute Gasteiger partial charge is 0.450 e. The molecule has 1 aromatic rings. The van der Waals surface area contributed by atoms with E-state index in [1.807, 2.05) is 13.0 Å². The number of hydrogen-bond acceptors (Lipinski definition) is 5. The number of thiophene rings is 1. The summed E-state index contributed by atoms with van der Waals surface area (Å²) in [4.78, 5) is 19.6. The molecule has 1 aromatic heterocycles. The van der Waals surface area contributed by atoms with E-state index in [0.29, 0.717) is 25.5 Å². The smallest absolute Gasteiger partial charge is 0.409 e. The van der Waals surface area contributed by atoms with Crippen molar-refractivity contribution in [3.8, 4) is 0 Å². The van der Waals surface area contributed by atoms with E-state index in [1.165, 1.54) is 4.88 Å². The van der Waals surface area contributed by atoms with Gasteiger partial charge in [0.1, 0.15) is 5.84 Å². The summed E-state index contributed by atoms with van der Waals surface area (Å²) in [5, 5.41) is 2.07. The first-order valence-corrected chi connectivity index (χ1v) is 7.85. The van der Waals surface area contributed by atoms with E-state index >= 15 is 0 Å². The maximum absolute atomic E-state index is 11.7. The molecule has 3 heterocycles. The average Bonchev–Trinajstić information content (AvgIpc) is 2.88. The van der Waals surface area contributed by atoms with E-state index in [1.54, 1.807) is 16.2 Å². The monoisotopic (exact) mass is 293 g/mol. The van der Waals surface area contributed by atoms with Gasteiger partial charge in [-0.25, -0.2) is 4.79 Å². The Morgan fingerprint density at radius 1 is 1.55 bits per heavy atom. The number of carbonyl (C=O) groups excluding carboxylic acids is 1. The van der Waals surface area contributed by atoms with E-state index in [-0.39, 0.29) is 11.6 Å². The lowest BCUT2D eigenvalue weighted by Gasteiger charge is -2.40. The van der Waals surface area contributed by atoms with Crippen LogP contribution in [0.5, 0.6) is 0 Å². The summed E-state index contributed by atoms with van der Waals surface area (Å²) in [6.45, 7) is 3.63. The molecule has 108 valence electrons. The van der Waals surface area contributed by atoms with Crippen molar-refractivity contribution in [1.29, 1.82) is 0 Å². The maximum atomic E-state index is 11.7. The fraction of sp³-hybridized carbons (Fsp3) is 0.571. The molecule has 0 aliphatic carbocycles. The minimum Gasteiger partial charge on any atom is -0.450 e. The van der Waals surface area contributed by atoms with Crippen molar-refractivity contribution in [1.82, 2.24) is 4.90 Å². The number of rotatable bonds is 1. The van der Waals surface area contributed by atoms with Crippen LogP contribution in [0.25, 0.3) is 0 Å². The van der Waals surface area contributed by atoms with Crippen molar-refractivity contribution in [3.05, 3.63) is 21.9 Å². The second kappa shape index (κ2) is 5.09. The molecule has 3 rings (SSSR count). The van der Waals surface area contributed by atoms with Gasteiger partial charge in [0.15, 0.2) is 0 Å². The molecule has 1 saturated heterocycles. The fourth-order valence-corrected chi connectivity index (χ4v) is 3.99. The van der Waals surface area contributed by atoms with Gasteiger partial charge in [0.05, 0.1) is 12.1 Å². The van der Waals surface area contributed by atoms with Crippen LogP contribution in [0.15, 0.2) is 16.4 Å². The van der Waals surface area contributed by atoms with Crippen molar-refractivity contribution in [2.24, 2.45) is 10.7 Å². The van der Waals surface area contributed by atoms with Crippen LogP contribution in [-0.4, -0.2) is 42.1 Å². The van der Waals surface area contributed by atoms with Gasteiger partial charge in [0.25, 0.3) is 0 Å². The van der Waals surface area contributed by atoms with E-state index in [4.69, 9.17) is 15.5 Å². The zero-order valence-electron chi connectivity index (χ0n) is 11.6. The summed E-state index contributed by atoms with van der Waals surface area (Å²) in [6, 6.07) is 2.04. The van der Waals surface area contributed by atoms with Crippen molar-refractivity contribution in [2.45, 2.75) is 31.7 Å². The minimum atomic E-state index is -0.216. The Morgan fingerprint density at radius 3 is 3.00 bits per heavy atom. The highest BCUT2D eigenvalue weighted by atomic mass is 32.1. The van der Waals surface area contributed by atoms with E-state index in [9.17, 15) is 4.79 Å². The number of hydrogen-bond donors (Lipinski definition) is 1. The van der Waals surface area contributed by atoms with E-state index in [2.05, 4.69) is 5.38 Å². The SMILES string of the molecule is CCOC(=O)N1CCC2(CC1)Cc1sccc1C(N)=N2. The first-order chi connectivity index (χ1) is 9.63. The van der Waals surface area contributed by atoms with Gasteiger partial charge in [0, 0.05) is 30.0 Å². The molecule has 6 heteroatoms. The third kappa shape index (κ3) is 2.28. The van der Waals surface area contributed by atoms with Gasteiger partial charge < -0.3 is 15.4 Å². The Kier molecular flexibility index (Phi) is 3.41. The zero-order chi connectivity index (χ0) is 14.2. The average molecular weight is 293 g/mol. The topological polar surface area (TPSA) is 67.9 Å². The molecular formula is C14H19N3O2S. The second-order valence-corrected chi connectivity index (χ2v) is 6.34. The molecule has 2 aliphatic heterocycles. The highest BCUT2D eigenvalue weighted by Crippen LogP contribution is 2.37. The molecular weight excluding hydrogens is 274 g/mol. The molecule has 0 radical (unpaired) electrons. The summed E-state index contributed by atoms with van der Waals surface area (Å²) in [5.41, 5.74) is 7.06. The van der Waals surface area contributed by atoms with Crippen LogP contribution in [0.2, 0.25) is 0 Å². The molecule has 0 unspecified atom stereocenters. The molecule has 5 nitrogen and oxygen atoms in total. The lowest BCUT2D eigenvalue weighted by Crippen LogP contribution is -2.49. The normalized spacial score (nSPS) is 20.4. The summed E-state index contributed by atoms with van der Waals surface area (Å²) in [7, 11) is 0. The van der Waals surface area contributed by atoms with Crippen LogP contribution in [0.3, 0.4) is 0 Å². The van der Waals surface area contributed by atoms with Gasteiger partial charge in [-0.1, -0.05) is 0 Å². The molecule has 0 saturated carbocycles. The molecule has 2 aliphatic rings. The van der Waals surface area contributed by atoms with Crippen molar-refractivity contribution in [3.63, 3.8) is 0 Å². The molecule has 20 heavy (non-hydrogen) atoms. The number of amidine groups is 1. The number of aliphatic imine (C=N–C) groups is 1. The van der Waals surface area contributed by atoms with Crippen molar-refractivity contribution < 1.29 is 9.53 Å². The number of nitrogens with two attached hydrogens (primary N) is 1. The number of amides is 1. The van der Waals surface area contributed by atoms with Crippen LogP contribution >= 0.6 is 11.3 Å². The molecule has 0 atom stereocenters. The first-order valence-electron chi connectivity index (χ1n) is 6.97. The quantitative estimate of drug-likeness (QED) is 0.861. The second-order valence-electron chi connectivity index (χ2n) is 5.34. The Bertz CT molecular complexity index is 544. The summed E-state index contributed by atoms with van der Waals surface area (Å²) in [6.07, 6.45) is 2.43. The van der Waals surface area contributed by atoms with Gasteiger partial charge in [0.2, 0.25) is 0 Å². The van der Waals surface area contributed by atoms with Gasteiger partial charge in [-0.2, -0.15) is 0 Å². The number of fused-ring (bicyclic) bond motifs is 1. The minimum absolute atomic E-state index is 0.120. The first kappa shape index (κ1) is 13.4. The number of ether oxygens (including phenoxy) is 1. The van der Waals surface area contributed by atoms with Crippen molar-refractivity contribution >= 4 is 23.3 Å². The number of nitrogens with zero attached hydrogens (tertiary/aromatic N) is 2. The molecule has 1 amide bonds. The predicted octanol–water partition coefficient (Wildman–Crippen LogP) is 2.00. The molecule has 0 bridgehead atoms. The number of carbonyl (C=O) groups is 1. The third-order valence-corrected chi connectivity index (χ3v) is 5.01. The number of likely N-dealkylation sites (tertiary alicyclic amines) is 1. The summed E-state index contributed by atoms with van der Waals surface area (Å²) >= 11 is 1.75. The lowest BCUT2D eigenvalue weighted by molar-refractivity contribution is 0.0874. The highest BCUT2D eigenvalue weighted by molar-refractivity contribution is 7.10. The predicted molar refractivity (Wildman–Crippen MR) is 79.3 cm³/mol. The lowest BCUT2D eigenvalue weighted by atomic mass is 9.82. The molecule has 0 aromatic carbocycles. The third-order valence-electron chi connectivity index (χ3n) is 4.09. The van der Waals surface area contributed by atoms with Gasteiger partial charge in [-0.3, -0.25) is 4.99 Å². The molecule has 2 N–H and O–H groups in total. The van der Waals surface area contributed by atoms with Crippen LogP contribution in [0.4, 0.5) is 4.79 Å².